The van der Waals surface area contributed by atoms with Gasteiger partial charge in [-0.1, -0.05) is 158 Å². The van der Waals surface area contributed by atoms with Crippen LogP contribution in [0.3, 0.4) is 0 Å². The largest absolute Gasteiger partial charge is 0.456 e. The van der Waals surface area contributed by atoms with Gasteiger partial charge in [0.25, 0.3) is 0 Å². The third kappa shape index (κ3) is 4.11. The Kier molecular flexibility index (Phi) is 6.09. The SMILES string of the molecule is c1ccc2c(-c3c4ccccc4c(-c4ccc(-c5cc6c7ccc8oc9ccccc9c8c7oc6c6ccccc56)cc4)c4ccccc34)cccc2c1. The van der Waals surface area contributed by atoms with Crippen molar-refractivity contribution in [1.29, 1.82) is 0 Å². The molecule has 2 aromatic heterocycles. The van der Waals surface area contributed by atoms with E-state index in [1.165, 1.54) is 71.1 Å². The number of rotatable bonds is 3. The minimum atomic E-state index is 0.841. The average Bonchev–Trinajstić information content (AvgIpc) is 3.81. The van der Waals surface area contributed by atoms with Crippen molar-refractivity contribution >= 4 is 87.0 Å². The summed E-state index contributed by atoms with van der Waals surface area (Å²) >= 11 is 0. The van der Waals surface area contributed by atoms with E-state index in [2.05, 4.69) is 170 Å². The van der Waals surface area contributed by atoms with Crippen LogP contribution in [0.25, 0.3) is 120 Å². The molecule has 0 aliphatic heterocycles. The van der Waals surface area contributed by atoms with Crippen LogP contribution in [0.2, 0.25) is 0 Å². The van der Waals surface area contributed by atoms with Crippen molar-refractivity contribution in [2.75, 3.05) is 0 Å². The predicted octanol–water partition coefficient (Wildman–Crippen LogP) is 15.1. The quantitative estimate of drug-likeness (QED) is 0.173. The highest BCUT2D eigenvalue weighted by molar-refractivity contribution is 6.27. The van der Waals surface area contributed by atoms with Gasteiger partial charge in [0.05, 0.1) is 5.39 Å². The standard InChI is InChI=1S/C52H30O2/c1-2-14-34-31(12-1)13-11-22-36(34)49-39-18-6-4-16-37(39)48(38-17-5-7-19-40(38)49)33-26-24-32(25-27-33)44-30-45-42-28-29-47-50(43-21-9-10-23-46(43)53-47)52(42)54-51(45)41-20-8-3-15-35(41)44/h1-30H. The monoisotopic (exact) mass is 686 g/mol. The Morgan fingerprint density at radius 2 is 0.833 bits per heavy atom. The first-order valence-electron chi connectivity index (χ1n) is 18.5. The summed E-state index contributed by atoms with van der Waals surface area (Å²) in [6.45, 7) is 0. The lowest BCUT2D eigenvalue weighted by Crippen LogP contribution is -1.91. The highest BCUT2D eigenvalue weighted by Gasteiger charge is 2.21. The van der Waals surface area contributed by atoms with Crippen molar-refractivity contribution in [3.05, 3.63) is 182 Å². The van der Waals surface area contributed by atoms with E-state index in [0.29, 0.717) is 0 Å². The first-order valence-corrected chi connectivity index (χ1v) is 18.5. The normalized spacial score (nSPS) is 12.1. The van der Waals surface area contributed by atoms with Gasteiger partial charge in [0.1, 0.15) is 22.3 Å². The summed E-state index contributed by atoms with van der Waals surface area (Å²) in [5.41, 5.74) is 10.8. The van der Waals surface area contributed by atoms with E-state index in [-0.39, 0.29) is 0 Å². The molecule has 0 bridgehead atoms. The molecule has 0 saturated heterocycles. The third-order valence-corrected chi connectivity index (χ3v) is 11.5. The van der Waals surface area contributed by atoms with Crippen LogP contribution in [0, 0.1) is 0 Å². The molecule has 0 spiro atoms. The molecule has 2 nitrogen and oxygen atoms in total. The van der Waals surface area contributed by atoms with Gasteiger partial charge in [-0.25, -0.2) is 0 Å². The summed E-state index contributed by atoms with van der Waals surface area (Å²) in [5.74, 6) is 0. The molecule has 0 amide bonds. The van der Waals surface area contributed by atoms with Gasteiger partial charge in [0.2, 0.25) is 0 Å². The van der Waals surface area contributed by atoms with Crippen LogP contribution in [-0.4, -0.2) is 0 Å². The molecular formula is C52H30O2. The molecule has 0 saturated carbocycles. The second-order valence-electron chi connectivity index (χ2n) is 14.3. The lowest BCUT2D eigenvalue weighted by molar-refractivity contribution is 0.664. The molecule has 0 radical (unpaired) electrons. The van der Waals surface area contributed by atoms with Crippen LogP contribution in [0.15, 0.2) is 191 Å². The third-order valence-electron chi connectivity index (χ3n) is 11.5. The van der Waals surface area contributed by atoms with Crippen molar-refractivity contribution in [1.82, 2.24) is 0 Å². The van der Waals surface area contributed by atoms with Gasteiger partial charge in [-0.05, 0) is 95.3 Å². The smallest absolute Gasteiger partial charge is 0.147 e. The maximum absolute atomic E-state index is 6.80. The predicted molar refractivity (Wildman–Crippen MR) is 227 cm³/mol. The van der Waals surface area contributed by atoms with Crippen LogP contribution in [-0.2, 0) is 0 Å². The molecule has 0 atom stereocenters. The zero-order chi connectivity index (χ0) is 35.3. The molecule has 0 unspecified atom stereocenters. The van der Waals surface area contributed by atoms with Crippen LogP contribution in [0.4, 0.5) is 0 Å². The molecule has 0 aliphatic rings. The Bertz CT molecular complexity index is 3430. The van der Waals surface area contributed by atoms with E-state index < -0.39 is 0 Å². The molecule has 54 heavy (non-hydrogen) atoms. The van der Waals surface area contributed by atoms with Gasteiger partial charge in [-0.15, -0.1) is 0 Å². The molecule has 12 aromatic rings. The molecular weight excluding hydrogens is 657 g/mol. The summed E-state index contributed by atoms with van der Waals surface area (Å²) < 4.78 is 13.0. The van der Waals surface area contributed by atoms with E-state index in [0.717, 1.165) is 49.3 Å². The molecule has 10 aromatic carbocycles. The second kappa shape index (κ2) is 11.2. The Morgan fingerprint density at radius 1 is 0.278 bits per heavy atom. The highest BCUT2D eigenvalue weighted by atomic mass is 16.3. The number of hydrogen-bond donors (Lipinski definition) is 0. The van der Waals surface area contributed by atoms with Crippen molar-refractivity contribution in [2.45, 2.75) is 0 Å². The zero-order valence-electron chi connectivity index (χ0n) is 29.1. The van der Waals surface area contributed by atoms with E-state index >= 15 is 0 Å². The fourth-order valence-electron chi connectivity index (χ4n) is 9.09. The average molecular weight is 687 g/mol. The van der Waals surface area contributed by atoms with E-state index in [4.69, 9.17) is 8.83 Å². The Hall–Kier alpha value is -7.16. The summed E-state index contributed by atoms with van der Waals surface area (Å²) in [6, 6.07) is 65.7. The second-order valence-corrected chi connectivity index (χ2v) is 14.3. The Balaban J connectivity index is 1.07. The summed E-state index contributed by atoms with van der Waals surface area (Å²) in [6.07, 6.45) is 0. The summed E-state index contributed by atoms with van der Waals surface area (Å²) in [5, 5.41) is 14.1. The fourth-order valence-corrected chi connectivity index (χ4v) is 9.09. The van der Waals surface area contributed by atoms with Crippen molar-refractivity contribution in [2.24, 2.45) is 0 Å². The topological polar surface area (TPSA) is 26.3 Å². The van der Waals surface area contributed by atoms with Gasteiger partial charge < -0.3 is 8.83 Å². The van der Waals surface area contributed by atoms with Gasteiger partial charge in [0.15, 0.2) is 0 Å². The molecule has 0 N–H and O–H groups in total. The summed E-state index contributed by atoms with van der Waals surface area (Å²) in [4.78, 5) is 0. The molecule has 250 valence electrons. The lowest BCUT2D eigenvalue weighted by atomic mass is 9.84. The van der Waals surface area contributed by atoms with Crippen molar-refractivity contribution in [3.63, 3.8) is 0 Å². The molecule has 0 aliphatic carbocycles. The van der Waals surface area contributed by atoms with E-state index in [9.17, 15) is 0 Å². The fraction of sp³-hybridized carbons (Fsp3) is 0. The number of benzene rings is 10. The van der Waals surface area contributed by atoms with Gasteiger partial charge in [-0.2, -0.15) is 0 Å². The molecule has 0 fully saturated rings. The van der Waals surface area contributed by atoms with Gasteiger partial charge in [-0.3, -0.25) is 0 Å². The van der Waals surface area contributed by atoms with Crippen LogP contribution < -0.4 is 0 Å². The zero-order valence-corrected chi connectivity index (χ0v) is 29.1. The Labute approximate surface area is 310 Å². The number of fused-ring (bicyclic) bond motifs is 12. The minimum Gasteiger partial charge on any atom is -0.456 e. The maximum Gasteiger partial charge on any atom is 0.147 e. The van der Waals surface area contributed by atoms with Crippen LogP contribution >= 0.6 is 0 Å². The summed E-state index contributed by atoms with van der Waals surface area (Å²) in [7, 11) is 0. The van der Waals surface area contributed by atoms with Crippen molar-refractivity contribution in [3.8, 4) is 33.4 Å². The number of para-hydroxylation sites is 1. The van der Waals surface area contributed by atoms with Crippen LogP contribution in [0.1, 0.15) is 0 Å². The highest BCUT2D eigenvalue weighted by Crippen LogP contribution is 2.47. The first kappa shape index (κ1) is 29.4. The van der Waals surface area contributed by atoms with Gasteiger partial charge in [0, 0.05) is 21.5 Å². The molecule has 12 rings (SSSR count). The number of hydrogen-bond acceptors (Lipinski definition) is 2. The number of furan rings is 2. The first-order chi connectivity index (χ1) is 26.8. The maximum atomic E-state index is 6.80. The van der Waals surface area contributed by atoms with E-state index in [1.54, 1.807) is 0 Å². The minimum absolute atomic E-state index is 0.841. The van der Waals surface area contributed by atoms with Crippen LogP contribution in [0.5, 0.6) is 0 Å². The Morgan fingerprint density at radius 3 is 1.57 bits per heavy atom. The molecule has 2 heteroatoms. The van der Waals surface area contributed by atoms with E-state index in [1.807, 2.05) is 12.1 Å². The lowest BCUT2D eigenvalue weighted by Gasteiger charge is -2.19. The molecule has 2 heterocycles. The van der Waals surface area contributed by atoms with Crippen molar-refractivity contribution < 1.29 is 8.83 Å². The van der Waals surface area contributed by atoms with Gasteiger partial charge >= 0.3 is 0 Å².